The molecule has 0 unspecified atom stereocenters. The van der Waals surface area contributed by atoms with E-state index in [1.165, 1.54) is 0 Å². The fraction of sp³-hybridized carbons (Fsp3) is 0.208. The Bertz CT molecular complexity index is 1110. The molecule has 2 aromatic heterocycles. The van der Waals surface area contributed by atoms with Gasteiger partial charge in [-0.15, -0.1) is 0 Å². The number of rotatable bonds is 6. The van der Waals surface area contributed by atoms with Crippen LogP contribution in [0.5, 0.6) is 11.5 Å². The summed E-state index contributed by atoms with van der Waals surface area (Å²) in [7, 11) is 1.66. The molecule has 1 atom stereocenters. The lowest BCUT2D eigenvalue weighted by Gasteiger charge is -2.16. The minimum atomic E-state index is 0.0552. The molecule has 1 saturated heterocycles. The smallest absolute Gasteiger partial charge is 0.162 e. The van der Waals surface area contributed by atoms with Crippen molar-refractivity contribution in [2.45, 2.75) is 12.5 Å². The lowest BCUT2D eigenvalue weighted by atomic mass is 10.1. The van der Waals surface area contributed by atoms with Gasteiger partial charge in [0.05, 0.1) is 37.9 Å². The number of ether oxygens (including phenoxy) is 3. The standard InChI is InChI=1S/C24H23N3O3/c1-28-23-9-6-18(15-24(23)30-20-11-14-29-16-20)22-10-13-26-27(22)19-7-4-17(5-8-19)21-3-2-12-25-21/h2-10,12-13,15,20,25H,11,14,16H2,1H3/t20-/m1/s1. The van der Waals surface area contributed by atoms with E-state index in [9.17, 15) is 0 Å². The third-order valence-electron chi connectivity index (χ3n) is 5.30. The minimum absolute atomic E-state index is 0.0552. The van der Waals surface area contributed by atoms with Crippen LogP contribution < -0.4 is 9.47 Å². The number of nitrogens with zero attached hydrogens (tertiary/aromatic N) is 2. The lowest BCUT2D eigenvalue weighted by molar-refractivity contribution is 0.138. The number of methoxy groups -OCH3 is 1. The van der Waals surface area contributed by atoms with Crippen molar-refractivity contribution < 1.29 is 14.2 Å². The van der Waals surface area contributed by atoms with Crippen molar-refractivity contribution in [1.29, 1.82) is 0 Å². The van der Waals surface area contributed by atoms with Gasteiger partial charge >= 0.3 is 0 Å². The van der Waals surface area contributed by atoms with Gasteiger partial charge in [-0.3, -0.25) is 0 Å². The second-order valence-electron chi connectivity index (χ2n) is 7.23. The molecule has 2 aromatic carbocycles. The zero-order valence-corrected chi connectivity index (χ0v) is 16.7. The fourth-order valence-electron chi connectivity index (χ4n) is 3.73. The number of hydrogen-bond donors (Lipinski definition) is 1. The van der Waals surface area contributed by atoms with Crippen LogP contribution in [0.3, 0.4) is 0 Å². The minimum Gasteiger partial charge on any atom is -0.493 e. The SMILES string of the molecule is COc1ccc(-c2ccnn2-c2ccc(-c3ccc[nH]3)cc2)cc1O[C@@H]1CCOC1. The Morgan fingerprint density at radius 3 is 2.63 bits per heavy atom. The molecule has 0 spiro atoms. The molecule has 1 fully saturated rings. The molecule has 4 aromatic rings. The van der Waals surface area contributed by atoms with E-state index in [1.807, 2.05) is 47.4 Å². The van der Waals surface area contributed by atoms with Crippen molar-refractivity contribution in [2.75, 3.05) is 20.3 Å². The van der Waals surface area contributed by atoms with Gasteiger partial charge in [-0.05, 0) is 54.1 Å². The molecule has 0 aliphatic carbocycles. The monoisotopic (exact) mass is 401 g/mol. The van der Waals surface area contributed by atoms with Crippen molar-refractivity contribution in [3.63, 3.8) is 0 Å². The number of nitrogens with one attached hydrogen (secondary N) is 1. The van der Waals surface area contributed by atoms with Crippen LogP contribution in [0.1, 0.15) is 6.42 Å². The highest BCUT2D eigenvalue weighted by Gasteiger charge is 2.20. The first-order valence-electron chi connectivity index (χ1n) is 10.0. The Morgan fingerprint density at radius 1 is 1.03 bits per heavy atom. The quantitative estimate of drug-likeness (QED) is 0.508. The predicted molar refractivity (Wildman–Crippen MR) is 115 cm³/mol. The van der Waals surface area contributed by atoms with E-state index in [0.717, 1.165) is 47.0 Å². The first kappa shape index (κ1) is 18.5. The highest BCUT2D eigenvalue weighted by Crippen LogP contribution is 2.34. The van der Waals surface area contributed by atoms with Crippen LogP contribution in [-0.4, -0.2) is 41.2 Å². The van der Waals surface area contributed by atoms with E-state index in [1.54, 1.807) is 7.11 Å². The molecule has 0 bridgehead atoms. The van der Waals surface area contributed by atoms with E-state index in [2.05, 4.69) is 40.4 Å². The molecular formula is C24H23N3O3. The van der Waals surface area contributed by atoms with Gasteiger partial charge in [0, 0.05) is 23.9 Å². The molecular weight excluding hydrogens is 378 g/mol. The molecule has 0 radical (unpaired) electrons. The van der Waals surface area contributed by atoms with Gasteiger partial charge in [-0.25, -0.2) is 4.68 Å². The first-order chi connectivity index (χ1) is 14.8. The Labute approximate surface area is 175 Å². The molecule has 0 amide bonds. The van der Waals surface area contributed by atoms with E-state index < -0.39 is 0 Å². The number of aromatic amines is 1. The third-order valence-corrected chi connectivity index (χ3v) is 5.30. The average molecular weight is 401 g/mol. The highest BCUT2D eigenvalue weighted by atomic mass is 16.6. The second-order valence-corrected chi connectivity index (χ2v) is 7.23. The molecule has 30 heavy (non-hydrogen) atoms. The third kappa shape index (κ3) is 3.57. The largest absolute Gasteiger partial charge is 0.493 e. The fourth-order valence-corrected chi connectivity index (χ4v) is 3.73. The molecule has 1 aliphatic rings. The molecule has 0 saturated carbocycles. The molecule has 5 rings (SSSR count). The number of benzene rings is 2. The molecule has 3 heterocycles. The van der Waals surface area contributed by atoms with E-state index in [-0.39, 0.29) is 6.10 Å². The zero-order chi connectivity index (χ0) is 20.3. The maximum absolute atomic E-state index is 6.16. The summed E-state index contributed by atoms with van der Waals surface area (Å²) >= 11 is 0. The Kier molecular flexibility index (Phi) is 4.99. The summed E-state index contributed by atoms with van der Waals surface area (Å²) in [4.78, 5) is 3.23. The summed E-state index contributed by atoms with van der Waals surface area (Å²) in [5, 5.41) is 4.55. The van der Waals surface area contributed by atoms with Crippen molar-refractivity contribution in [1.82, 2.24) is 14.8 Å². The Morgan fingerprint density at radius 2 is 1.90 bits per heavy atom. The number of hydrogen-bond acceptors (Lipinski definition) is 4. The zero-order valence-electron chi connectivity index (χ0n) is 16.7. The molecule has 6 nitrogen and oxygen atoms in total. The lowest BCUT2D eigenvalue weighted by Crippen LogP contribution is -2.16. The summed E-state index contributed by atoms with van der Waals surface area (Å²) in [6.45, 7) is 1.34. The van der Waals surface area contributed by atoms with Gasteiger partial charge in [0.15, 0.2) is 11.5 Å². The summed E-state index contributed by atoms with van der Waals surface area (Å²) in [5.41, 5.74) is 5.22. The van der Waals surface area contributed by atoms with Gasteiger partial charge < -0.3 is 19.2 Å². The van der Waals surface area contributed by atoms with Crippen molar-refractivity contribution in [2.24, 2.45) is 0 Å². The van der Waals surface area contributed by atoms with Crippen LogP contribution in [-0.2, 0) is 4.74 Å². The second kappa shape index (κ2) is 8.08. The van der Waals surface area contributed by atoms with E-state index >= 15 is 0 Å². The summed E-state index contributed by atoms with van der Waals surface area (Å²) in [5.74, 6) is 1.44. The molecule has 152 valence electrons. The van der Waals surface area contributed by atoms with E-state index in [0.29, 0.717) is 12.4 Å². The van der Waals surface area contributed by atoms with Crippen molar-refractivity contribution >= 4 is 0 Å². The average Bonchev–Trinajstić information content (AvgIpc) is 3.56. The summed E-state index contributed by atoms with van der Waals surface area (Å²) < 4.78 is 19.0. The van der Waals surface area contributed by atoms with Gasteiger partial charge in [-0.2, -0.15) is 5.10 Å². The van der Waals surface area contributed by atoms with Gasteiger partial charge in [0.25, 0.3) is 0 Å². The maximum Gasteiger partial charge on any atom is 0.162 e. The van der Waals surface area contributed by atoms with Crippen LogP contribution in [0.25, 0.3) is 28.2 Å². The molecule has 1 N–H and O–H groups in total. The molecule has 6 heteroatoms. The molecule has 1 aliphatic heterocycles. The van der Waals surface area contributed by atoms with Crippen LogP contribution in [0.4, 0.5) is 0 Å². The van der Waals surface area contributed by atoms with Crippen LogP contribution in [0.15, 0.2) is 73.1 Å². The van der Waals surface area contributed by atoms with E-state index in [4.69, 9.17) is 14.2 Å². The predicted octanol–water partition coefficient (Wildman–Crippen LogP) is 4.71. The van der Waals surface area contributed by atoms with Gasteiger partial charge in [0.1, 0.15) is 6.10 Å². The van der Waals surface area contributed by atoms with Gasteiger partial charge in [0.2, 0.25) is 0 Å². The first-order valence-corrected chi connectivity index (χ1v) is 10.0. The van der Waals surface area contributed by atoms with Crippen molar-refractivity contribution in [3.8, 4) is 39.7 Å². The normalized spacial score (nSPS) is 16.0. The van der Waals surface area contributed by atoms with Crippen molar-refractivity contribution in [3.05, 3.63) is 73.1 Å². The van der Waals surface area contributed by atoms with Gasteiger partial charge in [-0.1, -0.05) is 12.1 Å². The summed E-state index contributed by atoms with van der Waals surface area (Å²) in [6.07, 6.45) is 4.68. The van der Waals surface area contributed by atoms with Crippen LogP contribution in [0, 0.1) is 0 Å². The van der Waals surface area contributed by atoms with Crippen LogP contribution >= 0.6 is 0 Å². The number of H-pyrrole nitrogens is 1. The highest BCUT2D eigenvalue weighted by molar-refractivity contribution is 5.67. The summed E-state index contributed by atoms with van der Waals surface area (Å²) in [6, 6.07) is 20.4. The Balaban J connectivity index is 1.46. The maximum atomic E-state index is 6.16. The van der Waals surface area contributed by atoms with Crippen LogP contribution in [0.2, 0.25) is 0 Å². The Hall–Kier alpha value is -3.51. The number of aromatic nitrogens is 3. The topological polar surface area (TPSA) is 61.3 Å².